The average Bonchev–Trinajstić information content (AvgIpc) is 2.52. The molecule has 6 heteroatoms. The van der Waals surface area contributed by atoms with Crippen molar-refractivity contribution in [3.8, 4) is 0 Å². The first-order chi connectivity index (χ1) is 11.1. The Morgan fingerprint density at radius 2 is 1.43 bits per heavy atom. The molecule has 0 aromatic rings. The van der Waals surface area contributed by atoms with Crippen molar-refractivity contribution in [2.75, 3.05) is 26.4 Å². The van der Waals surface area contributed by atoms with Crippen LogP contribution in [0.1, 0.15) is 73.1 Å². The van der Waals surface area contributed by atoms with Gasteiger partial charge in [-0.25, -0.2) is 0 Å². The van der Waals surface area contributed by atoms with Crippen molar-refractivity contribution in [2.24, 2.45) is 0 Å². The van der Waals surface area contributed by atoms with Gasteiger partial charge >= 0.3 is 8.80 Å². The molecule has 0 N–H and O–H groups in total. The predicted molar refractivity (Wildman–Crippen MR) is 102 cm³/mol. The largest absolute Gasteiger partial charge is 0.504 e. The highest BCUT2D eigenvalue weighted by atomic mass is 32.1. The van der Waals surface area contributed by atoms with E-state index in [-0.39, 0.29) is 5.54 Å². The maximum absolute atomic E-state index is 6.09. The number of ether oxygens (including phenoxy) is 1. The number of hydrogen-bond acceptors (Lipinski definition) is 5. The van der Waals surface area contributed by atoms with Crippen LogP contribution in [-0.2, 0) is 18.0 Å². The molecular weight excluding hydrogens is 328 g/mol. The Morgan fingerprint density at radius 1 is 0.870 bits per heavy atom. The zero-order chi connectivity index (χ0) is 17.6. The third kappa shape index (κ3) is 9.15. The molecule has 0 saturated carbocycles. The minimum absolute atomic E-state index is 0.179. The van der Waals surface area contributed by atoms with Gasteiger partial charge in [-0.1, -0.05) is 33.1 Å². The van der Waals surface area contributed by atoms with Crippen LogP contribution in [0.2, 0.25) is 5.54 Å². The van der Waals surface area contributed by atoms with Crippen molar-refractivity contribution in [1.29, 1.82) is 0 Å². The normalized spacial score (nSPS) is 13.1. The summed E-state index contributed by atoms with van der Waals surface area (Å²) in [5, 5.41) is 0.657. The second-order valence-electron chi connectivity index (χ2n) is 5.52. The Hall–Kier alpha value is -0.0131. The number of thiocarbonyl (C=S) groups is 1. The van der Waals surface area contributed by atoms with E-state index in [1.165, 1.54) is 12.8 Å². The highest BCUT2D eigenvalue weighted by Crippen LogP contribution is 2.35. The molecule has 0 spiro atoms. The van der Waals surface area contributed by atoms with E-state index >= 15 is 0 Å². The number of unbranched alkanes of at least 4 members (excludes halogenated alkanes) is 2. The molecule has 0 heterocycles. The fraction of sp³-hybridized carbons (Fsp3) is 0.941. The van der Waals surface area contributed by atoms with Crippen molar-refractivity contribution >= 4 is 26.1 Å². The van der Waals surface area contributed by atoms with Crippen LogP contribution in [0.15, 0.2) is 0 Å². The summed E-state index contributed by atoms with van der Waals surface area (Å²) in [4.78, 5) is 0. The van der Waals surface area contributed by atoms with Crippen LogP contribution >= 0.6 is 12.2 Å². The quantitative estimate of drug-likeness (QED) is 0.229. The molecule has 0 aliphatic heterocycles. The smallest absolute Gasteiger partial charge is 0.487 e. The number of hydrogen-bond donors (Lipinski definition) is 0. The second-order valence-corrected chi connectivity index (χ2v) is 8.86. The molecule has 0 aromatic heterocycles. The molecule has 138 valence electrons. The number of rotatable bonds is 15. The van der Waals surface area contributed by atoms with E-state index in [2.05, 4.69) is 13.8 Å². The van der Waals surface area contributed by atoms with Gasteiger partial charge in [-0.05, 0) is 45.8 Å². The first-order valence-electron chi connectivity index (χ1n) is 9.17. The molecule has 0 fully saturated rings. The summed E-state index contributed by atoms with van der Waals surface area (Å²) in [5.74, 6) is 0. The van der Waals surface area contributed by atoms with Crippen molar-refractivity contribution in [2.45, 2.75) is 78.7 Å². The van der Waals surface area contributed by atoms with E-state index in [1.807, 2.05) is 20.8 Å². The van der Waals surface area contributed by atoms with Gasteiger partial charge in [0.05, 0.1) is 6.61 Å². The molecule has 0 amide bonds. The fourth-order valence-electron chi connectivity index (χ4n) is 2.60. The molecule has 4 nitrogen and oxygen atoms in total. The Kier molecular flexibility index (Phi) is 14.3. The SMILES string of the molecule is CCCCCC(CC(=S)OCCC)[Si](OCC)(OCC)OCC. The fourth-order valence-corrected chi connectivity index (χ4v) is 6.19. The van der Waals surface area contributed by atoms with E-state index in [0.29, 0.717) is 37.9 Å². The average molecular weight is 365 g/mol. The minimum atomic E-state index is -2.74. The van der Waals surface area contributed by atoms with Crippen LogP contribution in [0.5, 0.6) is 0 Å². The van der Waals surface area contributed by atoms with Crippen molar-refractivity contribution < 1.29 is 18.0 Å². The Labute approximate surface area is 149 Å². The lowest BCUT2D eigenvalue weighted by Gasteiger charge is -2.35. The lowest BCUT2D eigenvalue weighted by molar-refractivity contribution is 0.0594. The molecule has 0 saturated heterocycles. The summed E-state index contributed by atoms with van der Waals surface area (Å²) in [7, 11) is -2.74. The third-order valence-electron chi connectivity index (χ3n) is 3.57. The minimum Gasteiger partial charge on any atom is -0.487 e. The Bertz CT molecular complexity index is 285. The van der Waals surface area contributed by atoms with Crippen LogP contribution in [0.3, 0.4) is 0 Å². The van der Waals surface area contributed by atoms with Crippen LogP contribution in [-0.4, -0.2) is 40.3 Å². The van der Waals surface area contributed by atoms with Crippen LogP contribution < -0.4 is 0 Å². The molecule has 23 heavy (non-hydrogen) atoms. The highest BCUT2D eigenvalue weighted by molar-refractivity contribution is 7.80. The van der Waals surface area contributed by atoms with Crippen LogP contribution in [0.25, 0.3) is 0 Å². The predicted octanol–water partition coefficient (Wildman–Crippen LogP) is 5.13. The van der Waals surface area contributed by atoms with Crippen molar-refractivity contribution in [3.05, 3.63) is 0 Å². The zero-order valence-corrected chi connectivity index (χ0v) is 17.5. The van der Waals surface area contributed by atoms with Crippen molar-refractivity contribution in [3.63, 3.8) is 0 Å². The van der Waals surface area contributed by atoms with Gasteiger partial charge in [-0.3, -0.25) is 0 Å². The summed E-state index contributed by atoms with van der Waals surface area (Å²) < 4.78 is 23.9. The summed E-state index contributed by atoms with van der Waals surface area (Å²) >= 11 is 5.43. The summed E-state index contributed by atoms with van der Waals surface area (Å²) in [6.45, 7) is 12.7. The standard InChI is InChI=1S/C17H36O4SSi/c1-6-11-12-13-16(15-17(22)18-14-7-2)23(19-8-3,20-9-4)21-10-5/h16H,6-15H2,1-5H3. The van der Waals surface area contributed by atoms with Gasteiger partial charge in [0.25, 0.3) is 0 Å². The van der Waals surface area contributed by atoms with E-state index in [1.54, 1.807) is 0 Å². The molecule has 0 radical (unpaired) electrons. The van der Waals surface area contributed by atoms with Gasteiger partial charge in [0, 0.05) is 31.8 Å². The van der Waals surface area contributed by atoms with E-state index in [0.717, 1.165) is 19.3 Å². The van der Waals surface area contributed by atoms with E-state index < -0.39 is 8.80 Å². The molecule has 0 aliphatic carbocycles. The Morgan fingerprint density at radius 3 is 1.87 bits per heavy atom. The maximum Gasteiger partial charge on any atom is 0.504 e. The molecule has 1 atom stereocenters. The van der Waals surface area contributed by atoms with Gasteiger partial charge in [-0.2, -0.15) is 0 Å². The molecule has 0 aliphatic rings. The van der Waals surface area contributed by atoms with Gasteiger partial charge < -0.3 is 18.0 Å². The van der Waals surface area contributed by atoms with Crippen LogP contribution in [0.4, 0.5) is 0 Å². The first-order valence-corrected chi connectivity index (χ1v) is 11.4. The van der Waals surface area contributed by atoms with Gasteiger partial charge in [0.2, 0.25) is 0 Å². The topological polar surface area (TPSA) is 36.9 Å². The maximum atomic E-state index is 6.09. The molecule has 0 aromatic carbocycles. The summed E-state index contributed by atoms with van der Waals surface area (Å²) in [6.07, 6.45) is 6.19. The third-order valence-corrected chi connectivity index (χ3v) is 7.42. The zero-order valence-electron chi connectivity index (χ0n) is 15.7. The highest BCUT2D eigenvalue weighted by Gasteiger charge is 2.49. The molecular formula is C17H36O4SSi. The molecule has 0 rings (SSSR count). The Balaban J connectivity index is 5.13. The second kappa shape index (κ2) is 14.3. The summed E-state index contributed by atoms with van der Waals surface area (Å²) in [5.41, 5.74) is 0.179. The monoisotopic (exact) mass is 364 g/mol. The van der Waals surface area contributed by atoms with Gasteiger partial charge in [-0.15, -0.1) is 0 Å². The van der Waals surface area contributed by atoms with Crippen molar-refractivity contribution in [1.82, 2.24) is 0 Å². The van der Waals surface area contributed by atoms with Gasteiger partial charge in [0.15, 0.2) is 5.05 Å². The lowest BCUT2D eigenvalue weighted by Crippen LogP contribution is -2.51. The van der Waals surface area contributed by atoms with E-state index in [4.69, 9.17) is 30.2 Å². The van der Waals surface area contributed by atoms with E-state index in [9.17, 15) is 0 Å². The molecule has 0 bridgehead atoms. The lowest BCUT2D eigenvalue weighted by atomic mass is 10.1. The molecule has 1 unspecified atom stereocenters. The first kappa shape index (κ1) is 23.0. The van der Waals surface area contributed by atoms with Gasteiger partial charge in [0.1, 0.15) is 0 Å². The van der Waals surface area contributed by atoms with Crippen LogP contribution in [0, 0.1) is 0 Å². The summed E-state index contributed by atoms with van der Waals surface area (Å²) in [6, 6.07) is 0.